The molecule has 88 valence electrons. The number of hydrogen-bond acceptors (Lipinski definition) is 3. The van der Waals surface area contributed by atoms with Crippen molar-refractivity contribution in [2.75, 3.05) is 13.1 Å². The standard InChI is InChI=1S/C11H22N2O2/c1-9-5-3-2-4-8-13(9)10(6-7-12)11(14)15/h9-10H,2-8,12H2,1H3,(H,14,15). The Balaban J connectivity index is 2.65. The summed E-state index contributed by atoms with van der Waals surface area (Å²) in [6.07, 6.45) is 5.20. The molecule has 15 heavy (non-hydrogen) atoms. The molecule has 0 bridgehead atoms. The zero-order valence-electron chi connectivity index (χ0n) is 9.48. The Kier molecular flexibility index (Phi) is 5.05. The maximum absolute atomic E-state index is 11.1. The first-order valence-corrected chi connectivity index (χ1v) is 5.85. The fourth-order valence-corrected chi connectivity index (χ4v) is 2.35. The van der Waals surface area contributed by atoms with E-state index in [9.17, 15) is 4.79 Å². The predicted octanol–water partition coefficient (Wildman–Crippen LogP) is 1.05. The minimum atomic E-state index is -0.728. The van der Waals surface area contributed by atoms with Crippen molar-refractivity contribution in [3.8, 4) is 0 Å². The molecule has 0 aromatic rings. The number of carboxylic acids is 1. The van der Waals surface area contributed by atoms with E-state index in [1.807, 2.05) is 0 Å². The summed E-state index contributed by atoms with van der Waals surface area (Å²) in [5, 5.41) is 9.17. The molecule has 1 fully saturated rings. The van der Waals surface area contributed by atoms with Crippen molar-refractivity contribution in [3.05, 3.63) is 0 Å². The number of nitrogens with two attached hydrogens (primary N) is 1. The molecule has 0 amide bonds. The molecule has 0 saturated carbocycles. The second-order valence-electron chi connectivity index (χ2n) is 4.37. The third-order valence-electron chi connectivity index (χ3n) is 3.23. The Hall–Kier alpha value is -0.610. The second-order valence-corrected chi connectivity index (χ2v) is 4.37. The summed E-state index contributed by atoms with van der Waals surface area (Å²) in [6, 6.07) is -0.0109. The van der Waals surface area contributed by atoms with Crippen LogP contribution >= 0.6 is 0 Å². The number of carbonyl (C=O) groups is 1. The maximum atomic E-state index is 11.1. The van der Waals surface area contributed by atoms with Crippen LogP contribution in [0.5, 0.6) is 0 Å². The maximum Gasteiger partial charge on any atom is 0.320 e. The van der Waals surface area contributed by atoms with Gasteiger partial charge in [0.15, 0.2) is 0 Å². The van der Waals surface area contributed by atoms with Crippen LogP contribution in [0.3, 0.4) is 0 Å². The quantitative estimate of drug-likeness (QED) is 0.734. The van der Waals surface area contributed by atoms with Crippen molar-refractivity contribution in [1.82, 2.24) is 4.90 Å². The Morgan fingerprint density at radius 1 is 1.53 bits per heavy atom. The Bertz CT molecular complexity index is 209. The molecule has 1 saturated heterocycles. The highest BCUT2D eigenvalue weighted by atomic mass is 16.4. The van der Waals surface area contributed by atoms with E-state index in [-0.39, 0.29) is 6.04 Å². The molecule has 4 nitrogen and oxygen atoms in total. The number of aliphatic carboxylic acids is 1. The highest BCUT2D eigenvalue weighted by Crippen LogP contribution is 2.20. The molecule has 1 rings (SSSR count). The summed E-state index contributed by atoms with van der Waals surface area (Å²) < 4.78 is 0. The van der Waals surface area contributed by atoms with Gasteiger partial charge < -0.3 is 10.8 Å². The van der Waals surface area contributed by atoms with Crippen LogP contribution in [0.1, 0.15) is 39.0 Å². The van der Waals surface area contributed by atoms with Gasteiger partial charge in [-0.15, -0.1) is 0 Å². The lowest BCUT2D eigenvalue weighted by atomic mass is 10.1. The van der Waals surface area contributed by atoms with Gasteiger partial charge in [-0.05, 0) is 39.3 Å². The van der Waals surface area contributed by atoms with Gasteiger partial charge in [0.25, 0.3) is 0 Å². The van der Waals surface area contributed by atoms with Crippen LogP contribution in [0.2, 0.25) is 0 Å². The zero-order chi connectivity index (χ0) is 11.3. The van der Waals surface area contributed by atoms with E-state index < -0.39 is 5.97 Å². The van der Waals surface area contributed by atoms with E-state index in [0.717, 1.165) is 19.4 Å². The van der Waals surface area contributed by atoms with Crippen LogP contribution in [0.15, 0.2) is 0 Å². The summed E-state index contributed by atoms with van der Waals surface area (Å²) in [7, 11) is 0. The van der Waals surface area contributed by atoms with Gasteiger partial charge in [-0.2, -0.15) is 0 Å². The number of likely N-dealkylation sites (tertiary alicyclic amines) is 1. The summed E-state index contributed by atoms with van der Waals surface area (Å²) in [5.41, 5.74) is 5.47. The van der Waals surface area contributed by atoms with Crippen molar-refractivity contribution in [2.45, 2.75) is 51.1 Å². The molecule has 1 aliphatic heterocycles. The highest BCUT2D eigenvalue weighted by molar-refractivity contribution is 5.73. The fourth-order valence-electron chi connectivity index (χ4n) is 2.35. The molecule has 3 N–H and O–H groups in total. The van der Waals surface area contributed by atoms with E-state index in [1.54, 1.807) is 0 Å². The first-order chi connectivity index (χ1) is 7.16. The van der Waals surface area contributed by atoms with E-state index in [1.165, 1.54) is 12.8 Å². The van der Waals surface area contributed by atoms with Gasteiger partial charge in [0.05, 0.1) is 0 Å². The van der Waals surface area contributed by atoms with Gasteiger partial charge in [-0.1, -0.05) is 12.8 Å². The zero-order valence-corrected chi connectivity index (χ0v) is 9.48. The second kappa shape index (κ2) is 6.08. The van der Waals surface area contributed by atoms with Crippen molar-refractivity contribution in [1.29, 1.82) is 0 Å². The van der Waals surface area contributed by atoms with Crippen LogP contribution in [0.25, 0.3) is 0 Å². The summed E-state index contributed by atoms with van der Waals surface area (Å²) >= 11 is 0. The molecule has 2 unspecified atom stereocenters. The number of carboxylic acid groups (broad SMARTS) is 1. The Morgan fingerprint density at radius 3 is 2.87 bits per heavy atom. The minimum Gasteiger partial charge on any atom is -0.480 e. The third kappa shape index (κ3) is 3.47. The molecule has 0 radical (unpaired) electrons. The molecular weight excluding hydrogens is 192 g/mol. The van der Waals surface area contributed by atoms with Crippen LogP contribution in [0.4, 0.5) is 0 Å². The molecule has 0 aromatic carbocycles. The molecule has 0 spiro atoms. The predicted molar refractivity (Wildman–Crippen MR) is 59.7 cm³/mol. The van der Waals surface area contributed by atoms with Gasteiger partial charge in [-0.25, -0.2) is 0 Å². The van der Waals surface area contributed by atoms with E-state index in [4.69, 9.17) is 10.8 Å². The van der Waals surface area contributed by atoms with Crippen LogP contribution in [-0.2, 0) is 4.79 Å². The first kappa shape index (κ1) is 12.5. The van der Waals surface area contributed by atoms with Crippen LogP contribution < -0.4 is 5.73 Å². The molecule has 1 heterocycles. The van der Waals surface area contributed by atoms with Crippen LogP contribution in [0, 0.1) is 0 Å². The topological polar surface area (TPSA) is 66.6 Å². The van der Waals surface area contributed by atoms with E-state index >= 15 is 0 Å². The van der Waals surface area contributed by atoms with Gasteiger partial charge in [-0.3, -0.25) is 9.69 Å². The molecule has 1 aliphatic rings. The summed E-state index contributed by atoms with van der Waals surface area (Å²) in [6.45, 7) is 3.47. The molecule has 2 atom stereocenters. The van der Waals surface area contributed by atoms with Gasteiger partial charge >= 0.3 is 5.97 Å². The summed E-state index contributed by atoms with van der Waals surface area (Å²) in [4.78, 5) is 13.3. The average Bonchev–Trinajstić information content (AvgIpc) is 2.39. The monoisotopic (exact) mass is 214 g/mol. The fraction of sp³-hybridized carbons (Fsp3) is 0.909. The van der Waals surface area contributed by atoms with Crippen molar-refractivity contribution >= 4 is 5.97 Å². The number of hydrogen-bond donors (Lipinski definition) is 2. The number of rotatable bonds is 4. The van der Waals surface area contributed by atoms with Crippen molar-refractivity contribution in [3.63, 3.8) is 0 Å². The lowest BCUT2D eigenvalue weighted by molar-refractivity contribution is -0.144. The van der Waals surface area contributed by atoms with E-state index in [2.05, 4.69) is 11.8 Å². The van der Waals surface area contributed by atoms with Gasteiger partial charge in [0.1, 0.15) is 6.04 Å². The minimum absolute atomic E-state index is 0.375. The van der Waals surface area contributed by atoms with Crippen LogP contribution in [-0.4, -0.2) is 41.1 Å². The van der Waals surface area contributed by atoms with Gasteiger partial charge in [0, 0.05) is 6.04 Å². The van der Waals surface area contributed by atoms with E-state index in [0.29, 0.717) is 19.0 Å². The lowest BCUT2D eigenvalue weighted by Gasteiger charge is -2.32. The lowest BCUT2D eigenvalue weighted by Crippen LogP contribution is -2.47. The number of nitrogens with zero attached hydrogens (tertiary/aromatic N) is 1. The molecule has 0 aromatic heterocycles. The Morgan fingerprint density at radius 2 is 2.27 bits per heavy atom. The SMILES string of the molecule is CC1CCCCCN1C(CCN)C(=O)O. The van der Waals surface area contributed by atoms with Gasteiger partial charge in [0.2, 0.25) is 0 Å². The van der Waals surface area contributed by atoms with Crippen molar-refractivity contribution in [2.24, 2.45) is 5.73 Å². The smallest absolute Gasteiger partial charge is 0.320 e. The summed E-state index contributed by atoms with van der Waals surface area (Å²) in [5.74, 6) is -0.728. The van der Waals surface area contributed by atoms with Crippen molar-refractivity contribution < 1.29 is 9.90 Å². The molecule has 4 heteroatoms. The Labute approximate surface area is 91.4 Å². The highest BCUT2D eigenvalue weighted by Gasteiger charge is 2.29. The molecule has 0 aliphatic carbocycles. The molecular formula is C11H22N2O2. The average molecular weight is 214 g/mol. The largest absolute Gasteiger partial charge is 0.480 e. The third-order valence-corrected chi connectivity index (χ3v) is 3.23. The normalized spacial score (nSPS) is 25.9. The first-order valence-electron chi connectivity index (χ1n) is 5.85.